The van der Waals surface area contributed by atoms with E-state index in [1.807, 2.05) is 0 Å². The molecule has 0 saturated heterocycles. The lowest BCUT2D eigenvalue weighted by molar-refractivity contribution is -0.117. The molecule has 0 aliphatic rings. The van der Waals surface area contributed by atoms with Crippen LogP contribution < -0.4 is 5.32 Å². The van der Waals surface area contributed by atoms with Crippen molar-refractivity contribution in [2.75, 3.05) is 6.54 Å². The van der Waals surface area contributed by atoms with Crippen molar-refractivity contribution in [3.8, 4) is 0 Å². The molecule has 0 rings (SSSR count). The van der Waals surface area contributed by atoms with E-state index in [4.69, 9.17) is 0 Å². The van der Waals surface area contributed by atoms with Crippen molar-refractivity contribution in [1.29, 1.82) is 0 Å². The Hall–Kier alpha value is -0.720. The van der Waals surface area contributed by atoms with Gasteiger partial charge in [-0.2, -0.15) is 0 Å². The van der Waals surface area contributed by atoms with E-state index < -0.39 is 17.0 Å². The normalized spacial score (nSPS) is 13.5. The number of hydrogen-bond donors (Lipinski definition) is 1. The number of carbonyl (C=O) groups is 1. The molecule has 0 aromatic carbocycles. The molecule has 0 heterocycles. The zero-order chi connectivity index (χ0) is 10.5. The molecule has 1 amide bonds. The Kier molecular flexibility index (Phi) is 4.82. The van der Waals surface area contributed by atoms with Gasteiger partial charge in [-0.25, -0.2) is 4.21 Å². The van der Waals surface area contributed by atoms with Gasteiger partial charge in [0.1, 0.15) is 0 Å². The standard InChI is InChI=1S/C7H13NO4S/c1-4-6(9)8-5-7(2,3)12-13(10)11/h4H,1,5H2,2-3H3,(H,8,9)(H,10,11)/p-1. The van der Waals surface area contributed by atoms with Crippen LogP contribution in [0.15, 0.2) is 12.7 Å². The van der Waals surface area contributed by atoms with Crippen molar-refractivity contribution in [3.63, 3.8) is 0 Å². The average molecular weight is 206 g/mol. The first-order valence-corrected chi connectivity index (χ1v) is 4.56. The molecule has 0 fully saturated rings. The van der Waals surface area contributed by atoms with Crippen molar-refractivity contribution in [1.82, 2.24) is 5.32 Å². The Morgan fingerprint density at radius 1 is 1.77 bits per heavy atom. The van der Waals surface area contributed by atoms with Gasteiger partial charge >= 0.3 is 0 Å². The van der Waals surface area contributed by atoms with Gasteiger partial charge < -0.3 is 9.87 Å². The fourth-order valence-corrected chi connectivity index (χ4v) is 1.01. The van der Waals surface area contributed by atoms with Crippen molar-refractivity contribution in [3.05, 3.63) is 12.7 Å². The van der Waals surface area contributed by atoms with Gasteiger partial charge in [-0.3, -0.25) is 8.98 Å². The number of amides is 1. The first-order valence-electron chi connectivity index (χ1n) is 3.56. The molecule has 13 heavy (non-hydrogen) atoms. The quantitative estimate of drug-likeness (QED) is 0.502. The van der Waals surface area contributed by atoms with Crippen LogP contribution >= 0.6 is 0 Å². The van der Waals surface area contributed by atoms with Gasteiger partial charge in [-0.15, -0.1) is 0 Å². The molecule has 0 saturated carbocycles. The van der Waals surface area contributed by atoms with Gasteiger partial charge in [-0.1, -0.05) is 6.58 Å². The van der Waals surface area contributed by atoms with Crippen molar-refractivity contribution in [2.24, 2.45) is 0 Å². The minimum absolute atomic E-state index is 0.103. The monoisotopic (exact) mass is 206 g/mol. The number of nitrogens with one attached hydrogen (secondary N) is 1. The maximum absolute atomic E-state index is 10.7. The van der Waals surface area contributed by atoms with Crippen LogP contribution in [-0.4, -0.2) is 26.8 Å². The molecule has 1 unspecified atom stereocenters. The van der Waals surface area contributed by atoms with Gasteiger partial charge in [0, 0.05) is 6.54 Å². The third kappa shape index (κ3) is 6.44. The molecule has 6 heteroatoms. The lowest BCUT2D eigenvalue weighted by atomic mass is 10.1. The molecule has 76 valence electrons. The van der Waals surface area contributed by atoms with Gasteiger partial charge in [0.2, 0.25) is 5.91 Å². The molecule has 1 N–H and O–H groups in total. The summed E-state index contributed by atoms with van der Waals surface area (Å²) in [6.07, 6.45) is 1.10. The van der Waals surface area contributed by atoms with Crippen LogP contribution in [0.5, 0.6) is 0 Å². The van der Waals surface area contributed by atoms with Gasteiger partial charge in [0.05, 0.1) is 17.0 Å². The zero-order valence-electron chi connectivity index (χ0n) is 7.53. The van der Waals surface area contributed by atoms with Gasteiger partial charge in [0.25, 0.3) is 0 Å². The summed E-state index contributed by atoms with van der Waals surface area (Å²) in [7, 11) is 0. The minimum atomic E-state index is -2.58. The number of hydrogen-bond acceptors (Lipinski definition) is 4. The Morgan fingerprint density at radius 2 is 2.31 bits per heavy atom. The molecule has 0 radical (unpaired) electrons. The lowest BCUT2D eigenvalue weighted by Crippen LogP contribution is -2.40. The van der Waals surface area contributed by atoms with E-state index in [-0.39, 0.29) is 12.5 Å². The van der Waals surface area contributed by atoms with E-state index >= 15 is 0 Å². The van der Waals surface area contributed by atoms with Gasteiger partial charge in [-0.05, 0) is 19.9 Å². The van der Waals surface area contributed by atoms with E-state index in [2.05, 4.69) is 16.1 Å². The van der Waals surface area contributed by atoms with Crippen LogP contribution in [-0.2, 0) is 20.3 Å². The fourth-order valence-electron chi connectivity index (χ4n) is 0.586. The van der Waals surface area contributed by atoms with E-state index in [9.17, 15) is 13.6 Å². The zero-order valence-corrected chi connectivity index (χ0v) is 8.35. The van der Waals surface area contributed by atoms with E-state index in [0.29, 0.717) is 0 Å². The molecular formula is C7H12NO4S-. The Labute approximate surface area is 79.7 Å². The summed E-state index contributed by atoms with van der Waals surface area (Å²) in [4.78, 5) is 10.7. The van der Waals surface area contributed by atoms with Crippen LogP contribution in [0.4, 0.5) is 0 Å². The summed E-state index contributed by atoms with van der Waals surface area (Å²) in [5.74, 6) is -0.367. The largest absolute Gasteiger partial charge is 0.750 e. The highest BCUT2D eigenvalue weighted by molar-refractivity contribution is 7.74. The first-order chi connectivity index (χ1) is 5.87. The van der Waals surface area contributed by atoms with Crippen LogP contribution in [0.3, 0.4) is 0 Å². The second-order valence-electron chi connectivity index (χ2n) is 2.97. The van der Waals surface area contributed by atoms with Crippen LogP contribution in [0.2, 0.25) is 0 Å². The van der Waals surface area contributed by atoms with E-state index in [0.717, 1.165) is 6.08 Å². The summed E-state index contributed by atoms with van der Waals surface area (Å²) in [5.41, 5.74) is -0.939. The first kappa shape index (κ1) is 12.3. The molecule has 0 spiro atoms. The van der Waals surface area contributed by atoms with Crippen LogP contribution in [0.25, 0.3) is 0 Å². The van der Waals surface area contributed by atoms with Crippen molar-refractivity contribution < 1.29 is 17.7 Å². The summed E-state index contributed by atoms with van der Waals surface area (Å²) in [5, 5.41) is 2.42. The number of rotatable bonds is 5. The number of carbonyl (C=O) groups excluding carboxylic acids is 1. The highest BCUT2D eigenvalue weighted by atomic mass is 32.2. The third-order valence-electron chi connectivity index (χ3n) is 1.17. The highest BCUT2D eigenvalue weighted by Gasteiger charge is 2.19. The molecule has 0 aliphatic heterocycles. The molecule has 0 aromatic heterocycles. The Balaban J connectivity index is 3.95. The molecular weight excluding hydrogens is 194 g/mol. The molecule has 1 atom stereocenters. The summed E-state index contributed by atoms with van der Waals surface area (Å²) >= 11 is -2.58. The van der Waals surface area contributed by atoms with Crippen molar-refractivity contribution in [2.45, 2.75) is 19.4 Å². The Bertz CT molecular complexity index is 227. The average Bonchev–Trinajstić information content (AvgIpc) is 1.98. The minimum Gasteiger partial charge on any atom is -0.750 e. The topological polar surface area (TPSA) is 78.5 Å². The summed E-state index contributed by atoms with van der Waals surface area (Å²) in [6, 6.07) is 0. The molecule has 0 aliphatic carbocycles. The third-order valence-corrected chi connectivity index (χ3v) is 1.75. The Morgan fingerprint density at radius 3 is 2.69 bits per heavy atom. The maximum Gasteiger partial charge on any atom is 0.243 e. The fraction of sp³-hybridized carbons (Fsp3) is 0.571. The summed E-state index contributed by atoms with van der Waals surface area (Å²) in [6.45, 7) is 6.45. The predicted octanol–water partition coefficient (Wildman–Crippen LogP) is -0.122. The highest BCUT2D eigenvalue weighted by Crippen LogP contribution is 2.08. The van der Waals surface area contributed by atoms with Crippen LogP contribution in [0, 0.1) is 0 Å². The molecule has 5 nitrogen and oxygen atoms in total. The second kappa shape index (κ2) is 5.11. The SMILES string of the molecule is C=CC(=O)NCC(C)(C)OS(=O)[O-]. The molecule has 0 bridgehead atoms. The van der Waals surface area contributed by atoms with Gasteiger partial charge in [0.15, 0.2) is 0 Å². The predicted molar refractivity (Wildman–Crippen MR) is 47.3 cm³/mol. The van der Waals surface area contributed by atoms with Crippen LogP contribution in [0.1, 0.15) is 13.8 Å². The van der Waals surface area contributed by atoms with E-state index in [1.165, 1.54) is 0 Å². The second-order valence-corrected chi connectivity index (χ2v) is 3.54. The molecule has 0 aromatic rings. The summed E-state index contributed by atoms with van der Waals surface area (Å²) < 4.78 is 24.8. The maximum atomic E-state index is 10.7. The van der Waals surface area contributed by atoms with E-state index in [1.54, 1.807) is 13.8 Å². The van der Waals surface area contributed by atoms with Crippen molar-refractivity contribution >= 4 is 17.3 Å². The lowest BCUT2D eigenvalue weighted by Gasteiger charge is -2.25. The smallest absolute Gasteiger partial charge is 0.243 e.